The highest BCUT2D eigenvalue weighted by Gasteiger charge is 2.22. The zero-order chi connectivity index (χ0) is 10.2. The van der Waals surface area contributed by atoms with E-state index in [0.29, 0.717) is 12.4 Å². The van der Waals surface area contributed by atoms with Crippen LogP contribution in [0.2, 0.25) is 0 Å². The first-order valence-corrected chi connectivity index (χ1v) is 6.19. The minimum Gasteiger partial charge on any atom is -0.265 e. The van der Waals surface area contributed by atoms with Gasteiger partial charge in [-0.05, 0) is 6.92 Å². The molecular formula is C8H11N3O2S. The lowest BCUT2D eigenvalue weighted by Crippen LogP contribution is -2.23. The van der Waals surface area contributed by atoms with Gasteiger partial charge in [0.05, 0.1) is 23.7 Å². The summed E-state index contributed by atoms with van der Waals surface area (Å²) in [6, 6.07) is 1.72. The van der Waals surface area contributed by atoms with Gasteiger partial charge in [-0.2, -0.15) is 5.10 Å². The van der Waals surface area contributed by atoms with Crippen molar-refractivity contribution in [1.29, 1.82) is 0 Å². The SMILES string of the molecule is CC=Nc1cc2n(n1)CCS(=O)(=O)C2. The monoisotopic (exact) mass is 213 g/mol. The molecule has 14 heavy (non-hydrogen) atoms. The fraction of sp³-hybridized carbons (Fsp3) is 0.500. The van der Waals surface area contributed by atoms with Gasteiger partial charge in [-0.25, -0.2) is 13.4 Å². The molecule has 1 aromatic heterocycles. The highest BCUT2D eigenvalue weighted by atomic mass is 32.2. The van der Waals surface area contributed by atoms with Crippen LogP contribution in [0.25, 0.3) is 0 Å². The van der Waals surface area contributed by atoms with Crippen molar-refractivity contribution in [2.24, 2.45) is 4.99 Å². The fourth-order valence-corrected chi connectivity index (χ4v) is 2.75. The Labute approximate surface area is 82.4 Å². The number of rotatable bonds is 1. The molecule has 1 aliphatic rings. The molecular weight excluding hydrogens is 202 g/mol. The normalized spacial score (nSPS) is 19.8. The number of hydrogen-bond donors (Lipinski definition) is 0. The molecule has 0 aliphatic carbocycles. The van der Waals surface area contributed by atoms with Crippen LogP contribution in [0.3, 0.4) is 0 Å². The summed E-state index contributed by atoms with van der Waals surface area (Å²) in [4.78, 5) is 4.01. The van der Waals surface area contributed by atoms with E-state index in [1.807, 2.05) is 0 Å². The Morgan fingerprint density at radius 3 is 3.14 bits per heavy atom. The Kier molecular flexibility index (Phi) is 2.14. The molecule has 2 heterocycles. The molecule has 0 N–H and O–H groups in total. The van der Waals surface area contributed by atoms with E-state index in [2.05, 4.69) is 10.1 Å². The van der Waals surface area contributed by atoms with Crippen LogP contribution in [-0.4, -0.2) is 30.2 Å². The van der Waals surface area contributed by atoms with Crippen LogP contribution in [0.4, 0.5) is 5.82 Å². The Hall–Kier alpha value is -1.17. The van der Waals surface area contributed by atoms with Gasteiger partial charge in [-0.1, -0.05) is 0 Å². The molecule has 0 atom stereocenters. The van der Waals surface area contributed by atoms with E-state index in [1.165, 1.54) is 0 Å². The lowest BCUT2D eigenvalue weighted by atomic mass is 10.4. The van der Waals surface area contributed by atoms with E-state index in [4.69, 9.17) is 0 Å². The maximum absolute atomic E-state index is 11.3. The molecule has 1 aromatic rings. The van der Waals surface area contributed by atoms with E-state index in [1.54, 1.807) is 23.9 Å². The van der Waals surface area contributed by atoms with Crippen molar-refractivity contribution in [3.8, 4) is 0 Å². The molecule has 0 aromatic carbocycles. The highest BCUT2D eigenvalue weighted by molar-refractivity contribution is 7.90. The first-order valence-electron chi connectivity index (χ1n) is 4.36. The average molecular weight is 213 g/mol. The third-order valence-electron chi connectivity index (χ3n) is 2.09. The van der Waals surface area contributed by atoms with Gasteiger partial charge >= 0.3 is 0 Å². The van der Waals surface area contributed by atoms with Crippen molar-refractivity contribution in [3.63, 3.8) is 0 Å². The van der Waals surface area contributed by atoms with E-state index < -0.39 is 9.84 Å². The second-order valence-electron chi connectivity index (χ2n) is 3.20. The van der Waals surface area contributed by atoms with Gasteiger partial charge < -0.3 is 0 Å². The van der Waals surface area contributed by atoms with E-state index in [9.17, 15) is 8.42 Å². The van der Waals surface area contributed by atoms with E-state index >= 15 is 0 Å². The quantitative estimate of drug-likeness (QED) is 0.639. The van der Waals surface area contributed by atoms with Crippen LogP contribution in [-0.2, 0) is 22.1 Å². The predicted octanol–water partition coefficient (Wildman–Crippen LogP) is 0.534. The number of fused-ring (bicyclic) bond motifs is 1. The minimum atomic E-state index is -2.91. The number of aromatic nitrogens is 2. The number of sulfone groups is 1. The Morgan fingerprint density at radius 1 is 1.64 bits per heavy atom. The van der Waals surface area contributed by atoms with Gasteiger partial charge in [0.1, 0.15) is 0 Å². The van der Waals surface area contributed by atoms with Crippen LogP contribution in [0.15, 0.2) is 11.1 Å². The van der Waals surface area contributed by atoms with Crippen LogP contribution >= 0.6 is 0 Å². The Balaban J connectivity index is 2.39. The third-order valence-corrected chi connectivity index (χ3v) is 3.63. The van der Waals surface area contributed by atoms with Crippen molar-refractivity contribution in [2.45, 2.75) is 19.2 Å². The Bertz CT molecular complexity index is 473. The van der Waals surface area contributed by atoms with Gasteiger partial charge in [0.25, 0.3) is 0 Å². The largest absolute Gasteiger partial charge is 0.265 e. The summed E-state index contributed by atoms with van der Waals surface area (Å²) in [5.41, 5.74) is 0.733. The zero-order valence-electron chi connectivity index (χ0n) is 7.84. The van der Waals surface area contributed by atoms with Crippen molar-refractivity contribution < 1.29 is 8.42 Å². The molecule has 0 spiro atoms. The van der Waals surface area contributed by atoms with Gasteiger partial charge in [0, 0.05) is 12.3 Å². The summed E-state index contributed by atoms with van der Waals surface area (Å²) >= 11 is 0. The van der Waals surface area contributed by atoms with Crippen molar-refractivity contribution in [2.75, 3.05) is 5.75 Å². The standard InChI is InChI=1S/C8H11N3O2S/c1-2-9-8-5-7-6-14(12,13)4-3-11(7)10-8/h2,5H,3-4,6H2,1H3. The van der Waals surface area contributed by atoms with E-state index in [0.717, 1.165) is 5.69 Å². The summed E-state index contributed by atoms with van der Waals surface area (Å²) in [5.74, 6) is 0.843. The molecule has 0 amide bonds. The molecule has 1 aliphatic heterocycles. The molecule has 5 nitrogen and oxygen atoms in total. The maximum Gasteiger partial charge on any atom is 0.173 e. The second-order valence-corrected chi connectivity index (χ2v) is 5.38. The Morgan fingerprint density at radius 2 is 2.43 bits per heavy atom. The highest BCUT2D eigenvalue weighted by Crippen LogP contribution is 2.19. The third kappa shape index (κ3) is 1.70. The topological polar surface area (TPSA) is 64.3 Å². The molecule has 0 radical (unpaired) electrons. The van der Waals surface area contributed by atoms with Crippen molar-refractivity contribution >= 4 is 21.9 Å². The van der Waals surface area contributed by atoms with Crippen molar-refractivity contribution in [3.05, 3.63) is 11.8 Å². The number of hydrogen-bond acceptors (Lipinski definition) is 4. The maximum atomic E-state index is 11.3. The lowest BCUT2D eigenvalue weighted by molar-refractivity contribution is 0.555. The smallest absolute Gasteiger partial charge is 0.173 e. The molecule has 0 fully saturated rings. The van der Waals surface area contributed by atoms with Gasteiger partial charge in [-0.3, -0.25) is 4.68 Å². The summed E-state index contributed by atoms with van der Waals surface area (Å²) in [6.45, 7) is 2.24. The summed E-state index contributed by atoms with van der Waals surface area (Å²) in [5, 5.41) is 4.16. The first kappa shape index (κ1) is 9.39. The zero-order valence-corrected chi connectivity index (χ0v) is 8.66. The van der Waals surface area contributed by atoms with Crippen LogP contribution < -0.4 is 0 Å². The second kappa shape index (κ2) is 3.20. The molecule has 0 bridgehead atoms. The van der Waals surface area contributed by atoms with Crippen LogP contribution in [0.5, 0.6) is 0 Å². The number of nitrogens with zero attached hydrogens (tertiary/aromatic N) is 3. The summed E-state index contributed by atoms with van der Waals surface area (Å²) in [7, 11) is -2.91. The van der Waals surface area contributed by atoms with Crippen LogP contribution in [0, 0.1) is 0 Å². The molecule has 0 saturated carbocycles. The van der Waals surface area contributed by atoms with Crippen molar-refractivity contribution in [1.82, 2.24) is 9.78 Å². The molecule has 0 saturated heterocycles. The summed E-state index contributed by atoms with van der Waals surface area (Å²) in [6.07, 6.45) is 1.64. The summed E-state index contributed by atoms with van der Waals surface area (Å²) < 4.78 is 24.3. The van der Waals surface area contributed by atoms with E-state index in [-0.39, 0.29) is 11.5 Å². The van der Waals surface area contributed by atoms with Gasteiger partial charge in [0.2, 0.25) is 0 Å². The predicted molar refractivity (Wildman–Crippen MR) is 53.5 cm³/mol. The number of aryl methyl sites for hydroxylation is 1. The number of aliphatic imine (C=N–C) groups is 1. The lowest BCUT2D eigenvalue weighted by Gasteiger charge is -2.12. The fourth-order valence-electron chi connectivity index (χ4n) is 1.47. The molecule has 0 unspecified atom stereocenters. The minimum absolute atomic E-state index is 0.0826. The molecule has 6 heteroatoms. The first-order chi connectivity index (χ1) is 6.61. The van der Waals surface area contributed by atoms with Crippen LogP contribution in [0.1, 0.15) is 12.6 Å². The molecule has 2 rings (SSSR count). The average Bonchev–Trinajstić information content (AvgIpc) is 2.45. The molecule has 76 valence electrons. The van der Waals surface area contributed by atoms with Gasteiger partial charge in [0.15, 0.2) is 15.7 Å². The van der Waals surface area contributed by atoms with Gasteiger partial charge in [-0.15, -0.1) is 0 Å².